The molecule has 4 nitrogen and oxygen atoms in total. The van der Waals surface area contributed by atoms with Gasteiger partial charge in [-0.05, 0) is 55.0 Å². The van der Waals surface area contributed by atoms with Crippen molar-refractivity contribution >= 4 is 26.0 Å². The third-order valence-corrected chi connectivity index (χ3v) is 4.82. The van der Waals surface area contributed by atoms with Crippen LogP contribution in [0.5, 0.6) is 11.5 Å². The summed E-state index contributed by atoms with van der Waals surface area (Å²) in [7, 11) is -2.29. The average Bonchev–Trinajstić information content (AvgIpc) is 2.42. The summed E-state index contributed by atoms with van der Waals surface area (Å²) in [5.41, 5.74) is 0.824. The molecule has 0 heterocycles. The molecule has 0 aliphatic heterocycles. The molecule has 0 atom stereocenters. The average molecular weight is 357 g/mol. The summed E-state index contributed by atoms with van der Waals surface area (Å²) in [5, 5.41) is 0. The van der Waals surface area contributed by atoms with Crippen molar-refractivity contribution in [3.05, 3.63) is 52.5 Å². The molecule has 106 valence electrons. The van der Waals surface area contributed by atoms with Crippen LogP contribution < -0.4 is 8.92 Å². The van der Waals surface area contributed by atoms with E-state index >= 15 is 0 Å². The fraction of sp³-hybridized carbons (Fsp3) is 0.143. The minimum atomic E-state index is -3.83. The van der Waals surface area contributed by atoms with E-state index in [4.69, 9.17) is 8.92 Å². The Hall–Kier alpha value is -1.53. The van der Waals surface area contributed by atoms with Gasteiger partial charge in [0.15, 0.2) is 0 Å². The molecule has 0 spiro atoms. The zero-order valence-corrected chi connectivity index (χ0v) is 13.4. The zero-order chi connectivity index (χ0) is 14.8. The summed E-state index contributed by atoms with van der Waals surface area (Å²) in [6, 6.07) is 11.1. The van der Waals surface area contributed by atoms with Gasteiger partial charge in [-0.3, -0.25) is 0 Å². The van der Waals surface area contributed by atoms with E-state index in [2.05, 4.69) is 15.9 Å². The van der Waals surface area contributed by atoms with Gasteiger partial charge in [0.1, 0.15) is 16.4 Å². The first-order chi connectivity index (χ1) is 9.42. The summed E-state index contributed by atoms with van der Waals surface area (Å²) < 4.78 is 35.2. The van der Waals surface area contributed by atoms with Gasteiger partial charge in [-0.2, -0.15) is 8.42 Å². The quantitative estimate of drug-likeness (QED) is 0.786. The molecule has 0 amide bonds. The molecule has 20 heavy (non-hydrogen) atoms. The number of rotatable bonds is 4. The second kappa shape index (κ2) is 5.85. The topological polar surface area (TPSA) is 52.6 Å². The maximum atomic E-state index is 12.2. The molecular weight excluding hydrogens is 344 g/mol. The number of benzene rings is 2. The lowest BCUT2D eigenvalue weighted by Crippen LogP contribution is -2.09. The van der Waals surface area contributed by atoms with Crippen LogP contribution in [-0.2, 0) is 10.1 Å². The van der Waals surface area contributed by atoms with Gasteiger partial charge in [-0.25, -0.2) is 0 Å². The summed E-state index contributed by atoms with van der Waals surface area (Å²) in [6.07, 6.45) is 0. The van der Waals surface area contributed by atoms with Crippen molar-refractivity contribution in [1.29, 1.82) is 0 Å². The van der Waals surface area contributed by atoms with Gasteiger partial charge < -0.3 is 8.92 Å². The van der Waals surface area contributed by atoms with Crippen LogP contribution in [0.25, 0.3) is 0 Å². The molecule has 0 fully saturated rings. The van der Waals surface area contributed by atoms with Gasteiger partial charge in [-0.1, -0.05) is 15.9 Å². The minimum absolute atomic E-state index is 0.119. The smallest absolute Gasteiger partial charge is 0.339 e. The van der Waals surface area contributed by atoms with Gasteiger partial charge in [0, 0.05) is 4.47 Å². The van der Waals surface area contributed by atoms with Crippen LogP contribution in [0.4, 0.5) is 0 Å². The molecular formula is C14H13BrO4S. The van der Waals surface area contributed by atoms with E-state index in [1.807, 2.05) is 6.92 Å². The lowest BCUT2D eigenvalue weighted by atomic mass is 10.2. The van der Waals surface area contributed by atoms with Crippen molar-refractivity contribution in [2.45, 2.75) is 11.8 Å². The fourth-order valence-electron chi connectivity index (χ4n) is 1.58. The van der Waals surface area contributed by atoms with Crippen LogP contribution in [0.15, 0.2) is 51.8 Å². The highest BCUT2D eigenvalue weighted by Crippen LogP contribution is 2.24. The third kappa shape index (κ3) is 3.32. The molecule has 6 heteroatoms. The van der Waals surface area contributed by atoms with E-state index in [-0.39, 0.29) is 10.6 Å². The lowest BCUT2D eigenvalue weighted by Gasteiger charge is -2.08. The van der Waals surface area contributed by atoms with Gasteiger partial charge >= 0.3 is 10.1 Å². The predicted octanol–water partition coefficient (Wildman–Crippen LogP) is 3.53. The number of aryl methyl sites for hydroxylation is 1. The number of hydrogen-bond acceptors (Lipinski definition) is 4. The van der Waals surface area contributed by atoms with Crippen LogP contribution in [0.2, 0.25) is 0 Å². The van der Waals surface area contributed by atoms with E-state index < -0.39 is 10.1 Å². The Morgan fingerprint density at radius 3 is 2.15 bits per heavy atom. The molecule has 0 aromatic heterocycles. The number of hydrogen-bond donors (Lipinski definition) is 0. The molecule has 0 aliphatic carbocycles. The molecule has 0 saturated carbocycles. The highest BCUT2D eigenvalue weighted by molar-refractivity contribution is 9.10. The van der Waals surface area contributed by atoms with E-state index in [9.17, 15) is 8.42 Å². The molecule has 0 N–H and O–H groups in total. The number of ether oxygens (including phenoxy) is 1. The molecule has 0 saturated heterocycles. The lowest BCUT2D eigenvalue weighted by molar-refractivity contribution is 0.413. The van der Waals surface area contributed by atoms with Crippen molar-refractivity contribution in [2.75, 3.05) is 7.11 Å². The highest BCUT2D eigenvalue weighted by atomic mass is 79.9. The summed E-state index contributed by atoms with van der Waals surface area (Å²) >= 11 is 3.33. The van der Waals surface area contributed by atoms with Gasteiger partial charge in [0.25, 0.3) is 0 Å². The molecule has 0 unspecified atom stereocenters. The first kappa shape index (κ1) is 14.9. The first-order valence-corrected chi connectivity index (χ1v) is 7.97. The molecule has 0 radical (unpaired) electrons. The molecule has 2 aromatic carbocycles. The summed E-state index contributed by atoms with van der Waals surface area (Å²) in [5.74, 6) is 0.876. The molecule has 0 aliphatic rings. The van der Waals surface area contributed by atoms with E-state index in [0.717, 1.165) is 10.0 Å². The monoisotopic (exact) mass is 356 g/mol. The molecule has 2 aromatic rings. The predicted molar refractivity (Wildman–Crippen MR) is 79.7 cm³/mol. The maximum Gasteiger partial charge on any atom is 0.339 e. The minimum Gasteiger partial charge on any atom is -0.497 e. The van der Waals surface area contributed by atoms with E-state index in [0.29, 0.717) is 5.75 Å². The Morgan fingerprint density at radius 1 is 1.00 bits per heavy atom. The second-order valence-corrected chi connectivity index (χ2v) is 6.52. The second-order valence-electron chi connectivity index (χ2n) is 4.12. The normalized spacial score (nSPS) is 11.2. The summed E-state index contributed by atoms with van der Waals surface area (Å²) in [6.45, 7) is 1.82. The summed E-state index contributed by atoms with van der Waals surface area (Å²) in [4.78, 5) is 0.119. The Balaban J connectivity index is 2.27. The van der Waals surface area contributed by atoms with Gasteiger partial charge in [0.05, 0.1) is 7.11 Å². The Labute approximate surface area is 126 Å². The van der Waals surface area contributed by atoms with Crippen molar-refractivity contribution in [3.8, 4) is 11.5 Å². The van der Waals surface area contributed by atoms with Crippen LogP contribution in [-0.4, -0.2) is 15.5 Å². The third-order valence-electron chi connectivity index (χ3n) is 2.68. The van der Waals surface area contributed by atoms with Crippen LogP contribution in [0, 0.1) is 6.92 Å². The number of methoxy groups -OCH3 is 1. The Kier molecular flexibility index (Phi) is 4.35. The Bertz CT molecular complexity index is 708. The largest absolute Gasteiger partial charge is 0.497 e. The number of halogens is 1. The standard InChI is InChI=1S/C14H13BrO4S/c1-10-9-13(7-8-14(10)15)20(16,17)19-12-5-3-11(18-2)4-6-12/h3-9H,1-2H3. The van der Waals surface area contributed by atoms with Crippen LogP contribution in [0.1, 0.15) is 5.56 Å². The van der Waals surface area contributed by atoms with Crippen LogP contribution >= 0.6 is 15.9 Å². The van der Waals surface area contributed by atoms with Crippen LogP contribution in [0.3, 0.4) is 0 Å². The fourth-order valence-corrected chi connectivity index (χ4v) is 2.84. The van der Waals surface area contributed by atoms with E-state index in [1.165, 1.54) is 13.2 Å². The van der Waals surface area contributed by atoms with Crippen molar-refractivity contribution < 1.29 is 17.3 Å². The van der Waals surface area contributed by atoms with Crippen molar-refractivity contribution in [2.24, 2.45) is 0 Å². The van der Waals surface area contributed by atoms with Gasteiger partial charge in [-0.15, -0.1) is 0 Å². The molecule has 2 rings (SSSR count). The van der Waals surface area contributed by atoms with Crippen molar-refractivity contribution in [3.63, 3.8) is 0 Å². The van der Waals surface area contributed by atoms with Crippen molar-refractivity contribution in [1.82, 2.24) is 0 Å². The SMILES string of the molecule is COc1ccc(OS(=O)(=O)c2ccc(Br)c(C)c2)cc1. The first-order valence-electron chi connectivity index (χ1n) is 5.77. The molecule has 0 bridgehead atoms. The zero-order valence-electron chi connectivity index (χ0n) is 11.0. The Morgan fingerprint density at radius 2 is 1.60 bits per heavy atom. The van der Waals surface area contributed by atoms with E-state index in [1.54, 1.807) is 36.4 Å². The van der Waals surface area contributed by atoms with Gasteiger partial charge in [0.2, 0.25) is 0 Å². The highest BCUT2D eigenvalue weighted by Gasteiger charge is 2.17. The maximum absolute atomic E-state index is 12.2.